The van der Waals surface area contributed by atoms with Crippen LogP contribution >= 0.6 is 27.3 Å². The Bertz CT molecular complexity index is 429. The molecule has 0 fully saturated rings. The number of hydrogen-bond acceptors (Lipinski definition) is 1. The molecular formula is C12H9BrS. The van der Waals surface area contributed by atoms with E-state index in [0.29, 0.717) is 0 Å². The Morgan fingerprint density at radius 2 is 1.93 bits per heavy atom. The second kappa shape index (κ2) is 4.58. The molecule has 0 atom stereocenters. The van der Waals surface area contributed by atoms with E-state index in [1.165, 1.54) is 11.1 Å². The van der Waals surface area contributed by atoms with Gasteiger partial charge >= 0.3 is 0 Å². The lowest BCUT2D eigenvalue weighted by atomic mass is 10.2. The molecule has 14 heavy (non-hydrogen) atoms. The minimum atomic E-state index is 1.13. The van der Waals surface area contributed by atoms with Crippen LogP contribution < -0.4 is 0 Å². The number of thiophene rings is 1. The summed E-state index contributed by atoms with van der Waals surface area (Å²) in [4.78, 5) is 0. The Morgan fingerprint density at radius 1 is 1.07 bits per heavy atom. The van der Waals surface area contributed by atoms with E-state index >= 15 is 0 Å². The summed E-state index contributed by atoms with van der Waals surface area (Å²) in [7, 11) is 0. The summed E-state index contributed by atoms with van der Waals surface area (Å²) in [6.45, 7) is 0. The summed E-state index contributed by atoms with van der Waals surface area (Å²) in [5.41, 5.74) is 2.46. The number of rotatable bonds is 2. The van der Waals surface area contributed by atoms with Gasteiger partial charge in [-0.25, -0.2) is 0 Å². The molecule has 0 amide bonds. The molecule has 0 unspecified atom stereocenters. The Balaban J connectivity index is 2.23. The standard InChI is InChI=1S/C12H9BrS/c13-12-4-2-1-3-11(12)6-5-10-7-8-14-9-10/h1-9H/b6-5+. The van der Waals surface area contributed by atoms with Gasteiger partial charge in [-0.05, 0) is 34.0 Å². The van der Waals surface area contributed by atoms with Crippen LogP contribution in [0.3, 0.4) is 0 Å². The van der Waals surface area contributed by atoms with Crippen LogP contribution in [-0.2, 0) is 0 Å². The summed E-state index contributed by atoms with van der Waals surface area (Å²) in [6.07, 6.45) is 4.24. The molecule has 0 aliphatic rings. The van der Waals surface area contributed by atoms with Crippen molar-refractivity contribution in [2.75, 3.05) is 0 Å². The first-order valence-electron chi connectivity index (χ1n) is 4.31. The molecule has 0 saturated heterocycles. The summed E-state index contributed by atoms with van der Waals surface area (Å²) in [6, 6.07) is 10.3. The van der Waals surface area contributed by atoms with E-state index in [2.05, 4.69) is 51.0 Å². The third-order valence-corrected chi connectivity index (χ3v) is 3.33. The number of hydrogen-bond donors (Lipinski definition) is 0. The zero-order valence-electron chi connectivity index (χ0n) is 7.48. The van der Waals surface area contributed by atoms with E-state index in [-0.39, 0.29) is 0 Å². The quantitative estimate of drug-likeness (QED) is 0.739. The lowest BCUT2D eigenvalue weighted by Gasteiger charge is -1.95. The maximum Gasteiger partial charge on any atom is 0.0247 e. The second-order valence-electron chi connectivity index (χ2n) is 2.91. The molecule has 2 rings (SSSR count). The molecule has 0 spiro atoms. The van der Waals surface area contributed by atoms with Crippen LogP contribution in [0.25, 0.3) is 12.2 Å². The molecule has 0 nitrogen and oxygen atoms in total. The first kappa shape index (κ1) is 9.69. The van der Waals surface area contributed by atoms with Crippen molar-refractivity contribution in [3.05, 3.63) is 56.7 Å². The van der Waals surface area contributed by atoms with Gasteiger partial charge < -0.3 is 0 Å². The predicted molar refractivity (Wildman–Crippen MR) is 67.4 cm³/mol. The molecule has 70 valence electrons. The topological polar surface area (TPSA) is 0 Å². The lowest BCUT2D eigenvalue weighted by molar-refractivity contribution is 1.61. The summed E-state index contributed by atoms with van der Waals surface area (Å²) < 4.78 is 1.13. The third kappa shape index (κ3) is 2.34. The molecule has 0 aliphatic heterocycles. The van der Waals surface area contributed by atoms with Crippen LogP contribution in [0.2, 0.25) is 0 Å². The van der Waals surface area contributed by atoms with Gasteiger partial charge in [0.25, 0.3) is 0 Å². The van der Waals surface area contributed by atoms with Crippen LogP contribution in [0.1, 0.15) is 11.1 Å². The SMILES string of the molecule is Brc1ccccc1/C=C/c1ccsc1. The Morgan fingerprint density at radius 3 is 2.64 bits per heavy atom. The molecular weight excluding hydrogens is 256 g/mol. The number of benzene rings is 1. The van der Waals surface area contributed by atoms with Gasteiger partial charge in [0.1, 0.15) is 0 Å². The highest BCUT2D eigenvalue weighted by Gasteiger charge is 1.92. The fraction of sp³-hybridized carbons (Fsp3) is 0. The molecule has 0 radical (unpaired) electrons. The van der Waals surface area contributed by atoms with E-state index < -0.39 is 0 Å². The van der Waals surface area contributed by atoms with Crippen LogP contribution in [0.4, 0.5) is 0 Å². The maximum atomic E-state index is 3.51. The monoisotopic (exact) mass is 264 g/mol. The highest BCUT2D eigenvalue weighted by molar-refractivity contribution is 9.10. The average molecular weight is 265 g/mol. The Hall–Kier alpha value is -0.860. The Labute approximate surface area is 96.0 Å². The summed E-state index contributed by atoms with van der Waals surface area (Å²) in [5.74, 6) is 0. The van der Waals surface area contributed by atoms with Gasteiger partial charge in [0.2, 0.25) is 0 Å². The minimum Gasteiger partial charge on any atom is -0.152 e. The number of halogens is 1. The molecule has 0 aliphatic carbocycles. The van der Waals surface area contributed by atoms with E-state index in [4.69, 9.17) is 0 Å². The smallest absolute Gasteiger partial charge is 0.0247 e. The van der Waals surface area contributed by atoms with Gasteiger partial charge in [-0.15, -0.1) is 0 Å². The fourth-order valence-electron chi connectivity index (χ4n) is 1.17. The van der Waals surface area contributed by atoms with Crippen LogP contribution in [0, 0.1) is 0 Å². The molecule has 2 heteroatoms. The highest BCUT2D eigenvalue weighted by atomic mass is 79.9. The van der Waals surface area contributed by atoms with Crippen molar-refractivity contribution in [2.45, 2.75) is 0 Å². The predicted octanol–water partition coefficient (Wildman–Crippen LogP) is 4.68. The van der Waals surface area contributed by atoms with E-state index in [1.807, 2.05) is 18.2 Å². The molecule has 1 aromatic carbocycles. The van der Waals surface area contributed by atoms with E-state index in [0.717, 1.165) is 4.47 Å². The Kier molecular flexibility index (Phi) is 3.17. The largest absolute Gasteiger partial charge is 0.152 e. The lowest BCUT2D eigenvalue weighted by Crippen LogP contribution is -1.72. The van der Waals surface area contributed by atoms with Crippen molar-refractivity contribution >= 4 is 39.4 Å². The normalized spacial score (nSPS) is 10.9. The van der Waals surface area contributed by atoms with Crippen LogP contribution in [-0.4, -0.2) is 0 Å². The van der Waals surface area contributed by atoms with E-state index in [9.17, 15) is 0 Å². The van der Waals surface area contributed by atoms with Crippen molar-refractivity contribution in [1.82, 2.24) is 0 Å². The van der Waals surface area contributed by atoms with Crippen molar-refractivity contribution in [2.24, 2.45) is 0 Å². The molecule has 1 heterocycles. The molecule has 0 bridgehead atoms. The highest BCUT2D eigenvalue weighted by Crippen LogP contribution is 2.19. The summed E-state index contributed by atoms with van der Waals surface area (Å²) in [5, 5.41) is 4.22. The van der Waals surface area contributed by atoms with Crippen molar-refractivity contribution in [3.63, 3.8) is 0 Å². The molecule has 2 aromatic rings. The van der Waals surface area contributed by atoms with Crippen LogP contribution in [0.15, 0.2) is 45.6 Å². The minimum absolute atomic E-state index is 1.13. The first-order chi connectivity index (χ1) is 6.86. The van der Waals surface area contributed by atoms with Gasteiger partial charge in [-0.1, -0.05) is 46.3 Å². The molecule has 0 saturated carbocycles. The van der Waals surface area contributed by atoms with Gasteiger partial charge in [0.05, 0.1) is 0 Å². The van der Waals surface area contributed by atoms with Gasteiger partial charge in [-0.2, -0.15) is 11.3 Å². The maximum absolute atomic E-state index is 3.51. The second-order valence-corrected chi connectivity index (χ2v) is 4.55. The zero-order chi connectivity index (χ0) is 9.80. The molecule has 1 aromatic heterocycles. The third-order valence-electron chi connectivity index (χ3n) is 1.90. The van der Waals surface area contributed by atoms with Gasteiger partial charge in [0, 0.05) is 4.47 Å². The van der Waals surface area contributed by atoms with Gasteiger partial charge in [-0.3, -0.25) is 0 Å². The van der Waals surface area contributed by atoms with Crippen molar-refractivity contribution in [3.8, 4) is 0 Å². The zero-order valence-corrected chi connectivity index (χ0v) is 9.88. The van der Waals surface area contributed by atoms with Crippen LogP contribution in [0.5, 0.6) is 0 Å². The van der Waals surface area contributed by atoms with Gasteiger partial charge in [0.15, 0.2) is 0 Å². The average Bonchev–Trinajstić information content (AvgIpc) is 2.69. The fourth-order valence-corrected chi connectivity index (χ4v) is 2.21. The molecule has 0 N–H and O–H groups in total. The first-order valence-corrected chi connectivity index (χ1v) is 6.04. The van der Waals surface area contributed by atoms with Crippen molar-refractivity contribution in [1.29, 1.82) is 0 Å². The van der Waals surface area contributed by atoms with E-state index in [1.54, 1.807) is 11.3 Å². The summed E-state index contributed by atoms with van der Waals surface area (Å²) >= 11 is 5.23. The van der Waals surface area contributed by atoms with Crippen molar-refractivity contribution < 1.29 is 0 Å².